The summed E-state index contributed by atoms with van der Waals surface area (Å²) in [5, 5.41) is 2.66. The lowest BCUT2D eigenvalue weighted by Crippen LogP contribution is -2.35. The van der Waals surface area contributed by atoms with Gasteiger partial charge in [-0.2, -0.15) is 0 Å². The van der Waals surface area contributed by atoms with Crippen LogP contribution in [0.15, 0.2) is 24.3 Å². The number of ketones is 1. The molecule has 6 nitrogen and oxygen atoms in total. The van der Waals surface area contributed by atoms with Crippen LogP contribution in [0.25, 0.3) is 0 Å². The molecular formula is C17H19FN2O4. The standard InChI is InChI=1S/C17H19FN2O4/c18-14-4-2-1-3-13(14)15(21)7-8-16(22)19-9-12-10-20(11-5-6-11)17(23)24-12/h1-4,11-12H,5-10H2,(H,19,22). The van der Waals surface area contributed by atoms with E-state index in [1.54, 1.807) is 11.0 Å². The smallest absolute Gasteiger partial charge is 0.410 e. The maximum Gasteiger partial charge on any atom is 0.410 e. The molecule has 2 fully saturated rings. The highest BCUT2D eigenvalue weighted by atomic mass is 19.1. The minimum absolute atomic E-state index is 0.00454. The molecular weight excluding hydrogens is 315 g/mol. The Morgan fingerprint density at radius 3 is 2.71 bits per heavy atom. The summed E-state index contributed by atoms with van der Waals surface area (Å²) < 4.78 is 18.7. The van der Waals surface area contributed by atoms with Gasteiger partial charge in [0.25, 0.3) is 0 Å². The Bertz CT molecular complexity index is 660. The second kappa shape index (κ2) is 6.98. The quantitative estimate of drug-likeness (QED) is 0.773. The van der Waals surface area contributed by atoms with Gasteiger partial charge in [0.2, 0.25) is 5.91 Å². The Morgan fingerprint density at radius 1 is 1.25 bits per heavy atom. The van der Waals surface area contributed by atoms with Crippen LogP contribution in [0, 0.1) is 5.82 Å². The molecule has 1 aliphatic heterocycles. The van der Waals surface area contributed by atoms with Crippen molar-refractivity contribution < 1.29 is 23.5 Å². The molecule has 128 valence electrons. The van der Waals surface area contributed by atoms with E-state index in [-0.39, 0.29) is 49.1 Å². The van der Waals surface area contributed by atoms with E-state index in [0.717, 1.165) is 12.8 Å². The van der Waals surface area contributed by atoms with Crippen LogP contribution in [0.1, 0.15) is 36.0 Å². The molecule has 1 atom stereocenters. The Balaban J connectivity index is 1.39. The molecule has 0 radical (unpaired) electrons. The average molecular weight is 334 g/mol. The Labute approximate surface area is 139 Å². The lowest BCUT2D eigenvalue weighted by molar-refractivity contribution is -0.121. The highest BCUT2D eigenvalue weighted by molar-refractivity contribution is 5.98. The van der Waals surface area contributed by atoms with Crippen molar-refractivity contribution in [3.63, 3.8) is 0 Å². The number of nitrogens with zero attached hydrogens (tertiary/aromatic N) is 1. The van der Waals surface area contributed by atoms with Gasteiger partial charge in [0.05, 0.1) is 18.7 Å². The molecule has 7 heteroatoms. The van der Waals surface area contributed by atoms with Crippen LogP contribution in [-0.2, 0) is 9.53 Å². The maximum absolute atomic E-state index is 13.5. The van der Waals surface area contributed by atoms with E-state index < -0.39 is 11.6 Å². The molecule has 2 aliphatic rings. The van der Waals surface area contributed by atoms with Crippen molar-refractivity contribution in [3.05, 3.63) is 35.6 Å². The van der Waals surface area contributed by atoms with Crippen molar-refractivity contribution in [3.8, 4) is 0 Å². The first-order valence-electron chi connectivity index (χ1n) is 8.06. The van der Waals surface area contributed by atoms with E-state index in [1.165, 1.54) is 18.2 Å². The summed E-state index contributed by atoms with van der Waals surface area (Å²) in [6.45, 7) is 0.708. The zero-order valence-corrected chi connectivity index (χ0v) is 13.2. The predicted molar refractivity (Wildman–Crippen MR) is 83.0 cm³/mol. The molecule has 1 aliphatic carbocycles. The lowest BCUT2D eigenvalue weighted by atomic mass is 10.1. The fourth-order valence-corrected chi connectivity index (χ4v) is 2.70. The van der Waals surface area contributed by atoms with Crippen LogP contribution in [-0.4, -0.2) is 47.9 Å². The largest absolute Gasteiger partial charge is 0.442 e. The number of ether oxygens (including phenoxy) is 1. The number of Topliss-reactive ketones (excluding diaryl/α,β-unsaturated/α-hetero) is 1. The molecule has 1 unspecified atom stereocenters. The fraction of sp³-hybridized carbons (Fsp3) is 0.471. The lowest BCUT2D eigenvalue weighted by Gasteiger charge is -2.11. The number of halogens is 1. The summed E-state index contributed by atoms with van der Waals surface area (Å²) in [6.07, 6.45) is 1.24. The second-order valence-corrected chi connectivity index (χ2v) is 6.10. The van der Waals surface area contributed by atoms with E-state index in [1.807, 2.05) is 0 Å². The molecule has 2 amide bonds. The van der Waals surface area contributed by atoms with E-state index in [2.05, 4.69) is 5.32 Å². The Hall–Kier alpha value is -2.44. The predicted octanol–water partition coefficient (Wildman–Crippen LogP) is 1.89. The van der Waals surface area contributed by atoms with Crippen LogP contribution in [0.2, 0.25) is 0 Å². The minimum Gasteiger partial charge on any atom is -0.442 e. The summed E-state index contributed by atoms with van der Waals surface area (Å²) in [5.74, 6) is -1.31. The van der Waals surface area contributed by atoms with Crippen LogP contribution < -0.4 is 5.32 Å². The van der Waals surface area contributed by atoms with Crippen molar-refractivity contribution in [1.82, 2.24) is 10.2 Å². The molecule has 3 rings (SSSR count). The molecule has 0 spiro atoms. The van der Waals surface area contributed by atoms with Crippen LogP contribution in [0.4, 0.5) is 9.18 Å². The number of amides is 2. The van der Waals surface area contributed by atoms with Gasteiger partial charge in [0, 0.05) is 18.9 Å². The molecule has 1 N–H and O–H groups in total. The monoisotopic (exact) mass is 334 g/mol. The number of cyclic esters (lactones) is 1. The third-order valence-corrected chi connectivity index (χ3v) is 4.17. The summed E-state index contributed by atoms with van der Waals surface area (Å²) in [7, 11) is 0. The van der Waals surface area contributed by atoms with Crippen molar-refractivity contribution in [1.29, 1.82) is 0 Å². The number of benzene rings is 1. The van der Waals surface area contributed by atoms with Gasteiger partial charge >= 0.3 is 6.09 Å². The van der Waals surface area contributed by atoms with E-state index in [0.29, 0.717) is 6.54 Å². The first-order chi connectivity index (χ1) is 11.5. The summed E-state index contributed by atoms with van der Waals surface area (Å²) in [6, 6.07) is 5.99. The van der Waals surface area contributed by atoms with E-state index in [4.69, 9.17) is 4.74 Å². The zero-order chi connectivity index (χ0) is 17.1. The number of carbonyl (C=O) groups excluding carboxylic acids is 3. The van der Waals surface area contributed by atoms with Gasteiger partial charge in [-0.1, -0.05) is 12.1 Å². The molecule has 1 aromatic rings. The first-order valence-corrected chi connectivity index (χ1v) is 8.06. The molecule has 1 saturated carbocycles. The number of rotatable bonds is 7. The van der Waals surface area contributed by atoms with Crippen molar-refractivity contribution in [2.24, 2.45) is 0 Å². The SMILES string of the molecule is O=C(CCC(=O)c1ccccc1F)NCC1CN(C2CC2)C(=O)O1. The fourth-order valence-electron chi connectivity index (χ4n) is 2.70. The van der Waals surface area contributed by atoms with Gasteiger partial charge < -0.3 is 15.0 Å². The van der Waals surface area contributed by atoms with Crippen molar-refractivity contribution in [2.45, 2.75) is 37.8 Å². The van der Waals surface area contributed by atoms with Gasteiger partial charge in [0.15, 0.2) is 5.78 Å². The van der Waals surface area contributed by atoms with Crippen molar-refractivity contribution >= 4 is 17.8 Å². The minimum atomic E-state index is -0.582. The third kappa shape index (κ3) is 3.90. The van der Waals surface area contributed by atoms with Gasteiger partial charge in [0.1, 0.15) is 11.9 Å². The Kier molecular flexibility index (Phi) is 4.78. The zero-order valence-electron chi connectivity index (χ0n) is 13.2. The van der Waals surface area contributed by atoms with Gasteiger partial charge in [-0.15, -0.1) is 0 Å². The maximum atomic E-state index is 13.5. The van der Waals surface area contributed by atoms with Crippen LogP contribution in [0.3, 0.4) is 0 Å². The highest BCUT2D eigenvalue weighted by Gasteiger charge is 2.40. The summed E-state index contributed by atoms with van der Waals surface area (Å²) in [5.41, 5.74) is -0.00454. The molecule has 1 aromatic carbocycles. The number of hydrogen-bond acceptors (Lipinski definition) is 4. The summed E-state index contributed by atoms with van der Waals surface area (Å²) in [4.78, 5) is 37.0. The van der Waals surface area contributed by atoms with Gasteiger partial charge in [-0.05, 0) is 25.0 Å². The highest BCUT2D eigenvalue weighted by Crippen LogP contribution is 2.30. The van der Waals surface area contributed by atoms with E-state index >= 15 is 0 Å². The third-order valence-electron chi connectivity index (χ3n) is 4.17. The molecule has 0 aromatic heterocycles. The average Bonchev–Trinajstić information content (AvgIpc) is 3.34. The van der Waals surface area contributed by atoms with Crippen LogP contribution in [0.5, 0.6) is 0 Å². The van der Waals surface area contributed by atoms with Crippen LogP contribution >= 0.6 is 0 Å². The number of hydrogen-bond donors (Lipinski definition) is 1. The summed E-state index contributed by atoms with van der Waals surface area (Å²) >= 11 is 0. The van der Waals surface area contributed by atoms with Gasteiger partial charge in [-0.25, -0.2) is 9.18 Å². The number of nitrogens with one attached hydrogen (secondary N) is 1. The molecule has 0 bridgehead atoms. The van der Waals surface area contributed by atoms with Gasteiger partial charge in [-0.3, -0.25) is 9.59 Å². The van der Waals surface area contributed by atoms with E-state index in [9.17, 15) is 18.8 Å². The Morgan fingerprint density at radius 2 is 2.00 bits per heavy atom. The number of carbonyl (C=O) groups is 3. The van der Waals surface area contributed by atoms with Crippen molar-refractivity contribution in [2.75, 3.05) is 13.1 Å². The second-order valence-electron chi connectivity index (χ2n) is 6.10. The molecule has 1 heterocycles. The molecule has 24 heavy (non-hydrogen) atoms. The normalized spacial score (nSPS) is 20.0. The molecule has 1 saturated heterocycles. The first kappa shape index (κ1) is 16.4. The topological polar surface area (TPSA) is 75.7 Å².